The van der Waals surface area contributed by atoms with Crippen molar-refractivity contribution in [2.75, 3.05) is 0 Å². The Balaban J connectivity index is 1.89. The summed E-state index contributed by atoms with van der Waals surface area (Å²) in [5, 5.41) is 10.8. The van der Waals surface area contributed by atoms with Crippen LogP contribution in [0.25, 0.3) is 0 Å². The van der Waals surface area contributed by atoms with Crippen LogP contribution in [-0.4, -0.2) is 22.8 Å². The highest BCUT2D eigenvalue weighted by atomic mass is 16.3. The van der Waals surface area contributed by atoms with Gasteiger partial charge in [0.2, 0.25) is 0 Å². The normalized spacial score (nSPS) is 13.0. The van der Waals surface area contributed by atoms with Crippen LogP contribution in [0.2, 0.25) is 0 Å². The van der Waals surface area contributed by atoms with Crippen LogP contribution in [0.5, 0.6) is 0 Å². The fraction of sp³-hybridized carbons (Fsp3) is 0.130. The van der Waals surface area contributed by atoms with Crippen LogP contribution in [0.1, 0.15) is 38.6 Å². The molecule has 0 aliphatic heterocycles. The topological polar surface area (TPSA) is 54.4 Å². The third kappa shape index (κ3) is 4.13. The second kappa shape index (κ2) is 8.37. The minimum Gasteiger partial charge on any atom is -0.384 e. The number of aliphatic hydroxyl groups excluding tert-OH is 1. The Hall–Kier alpha value is -3.04. The van der Waals surface area contributed by atoms with Gasteiger partial charge in [-0.25, -0.2) is 0 Å². The zero-order chi connectivity index (χ0) is 18.4. The molecule has 3 rings (SSSR count). The van der Waals surface area contributed by atoms with Gasteiger partial charge in [0.25, 0.3) is 0 Å². The lowest BCUT2D eigenvalue weighted by Gasteiger charge is -2.22. The van der Waals surface area contributed by atoms with Crippen LogP contribution < -0.4 is 0 Å². The fourth-order valence-electron chi connectivity index (χ4n) is 3.01. The van der Waals surface area contributed by atoms with Gasteiger partial charge in [-0.15, -0.1) is 0 Å². The van der Waals surface area contributed by atoms with Crippen LogP contribution in [0.15, 0.2) is 91.0 Å². The number of hydrogen-bond acceptors (Lipinski definition) is 3. The van der Waals surface area contributed by atoms with Crippen molar-refractivity contribution in [3.63, 3.8) is 0 Å². The monoisotopic (exact) mass is 344 g/mol. The highest BCUT2D eigenvalue weighted by Crippen LogP contribution is 2.27. The first-order chi connectivity index (χ1) is 12.7. The predicted molar refractivity (Wildman–Crippen MR) is 101 cm³/mol. The summed E-state index contributed by atoms with van der Waals surface area (Å²) in [6.45, 7) is 0. The minimum absolute atomic E-state index is 0.0633. The number of carbonyl (C=O) groups excluding carboxylic acids is 2. The zero-order valence-electron chi connectivity index (χ0n) is 14.3. The van der Waals surface area contributed by atoms with Crippen LogP contribution in [0.4, 0.5) is 0 Å². The first-order valence-electron chi connectivity index (χ1n) is 8.57. The Morgan fingerprint density at radius 3 is 1.69 bits per heavy atom. The van der Waals surface area contributed by atoms with Crippen molar-refractivity contribution in [1.29, 1.82) is 0 Å². The molecule has 0 saturated carbocycles. The lowest BCUT2D eigenvalue weighted by atomic mass is 9.84. The molecule has 0 aliphatic rings. The quantitative estimate of drug-likeness (QED) is 0.651. The lowest BCUT2D eigenvalue weighted by Crippen LogP contribution is -2.30. The summed E-state index contributed by atoms with van der Waals surface area (Å²) in [5.74, 6) is -1.07. The summed E-state index contributed by atoms with van der Waals surface area (Å²) in [4.78, 5) is 25.4. The molecular weight excluding hydrogens is 324 g/mol. The Morgan fingerprint density at radius 2 is 1.15 bits per heavy atom. The van der Waals surface area contributed by atoms with Crippen LogP contribution in [0, 0.1) is 0 Å². The summed E-state index contributed by atoms with van der Waals surface area (Å²) >= 11 is 0. The van der Waals surface area contributed by atoms with Crippen molar-refractivity contribution in [1.82, 2.24) is 0 Å². The molecule has 26 heavy (non-hydrogen) atoms. The van der Waals surface area contributed by atoms with E-state index < -0.39 is 12.0 Å². The molecule has 0 heterocycles. The number of ketones is 2. The van der Waals surface area contributed by atoms with Crippen molar-refractivity contribution < 1.29 is 14.7 Å². The van der Waals surface area contributed by atoms with E-state index >= 15 is 0 Å². The molecule has 0 amide bonds. The molecule has 0 bridgehead atoms. The summed E-state index contributed by atoms with van der Waals surface area (Å²) in [7, 11) is 0. The highest BCUT2D eigenvalue weighted by molar-refractivity contribution is 6.01. The molecule has 0 saturated heterocycles. The average Bonchev–Trinajstić information content (AvgIpc) is 2.72. The van der Waals surface area contributed by atoms with Crippen molar-refractivity contribution in [3.8, 4) is 0 Å². The van der Waals surface area contributed by atoms with Gasteiger partial charge in [-0.05, 0) is 5.56 Å². The molecule has 3 aromatic carbocycles. The van der Waals surface area contributed by atoms with Gasteiger partial charge in [-0.1, -0.05) is 91.0 Å². The largest absolute Gasteiger partial charge is 0.384 e. The van der Waals surface area contributed by atoms with E-state index in [1.807, 2.05) is 42.5 Å². The van der Waals surface area contributed by atoms with Gasteiger partial charge in [0.1, 0.15) is 6.10 Å². The van der Waals surface area contributed by atoms with E-state index in [0.717, 1.165) is 5.56 Å². The molecule has 3 heteroatoms. The summed E-state index contributed by atoms with van der Waals surface area (Å²) in [5.41, 5.74) is 1.79. The maximum absolute atomic E-state index is 12.7. The molecule has 0 fully saturated rings. The fourth-order valence-corrected chi connectivity index (χ4v) is 3.01. The number of Topliss-reactive ketones (excluding diaryl/α,β-unsaturated/α-hetero) is 2. The third-order valence-electron chi connectivity index (χ3n) is 4.44. The van der Waals surface area contributed by atoms with E-state index in [0.29, 0.717) is 11.1 Å². The van der Waals surface area contributed by atoms with Crippen LogP contribution in [0.3, 0.4) is 0 Å². The van der Waals surface area contributed by atoms with Crippen molar-refractivity contribution in [2.24, 2.45) is 0 Å². The first kappa shape index (κ1) is 17.8. The SMILES string of the molecule is O=C(C[C@H](c1ccccc1)[C@H](O)C(=O)c1ccccc1)c1ccccc1. The van der Waals surface area contributed by atoms with Gasteiger partial charge in [-0.2, -0.15) is 0 Å². The second-order valence-electron chi connectivity index (χ2n) is 6.19. The number of carbonyl (C=O) groups is 2. The molecule has 0 spiro atoms. The third-order valence-corrected chi connectivity index (χ3v) is 4.44. The maximum atomic E-state index is 12.7. The molecule has 130 valence electrons. The number of aliphatic hydroxyl groups is 1. The Kier molecular flexibility index (Phi) is 5.72. The van der Waals surface area contributed by atoms with E-state index in [-0.39, 0.29) is 18.0 Å². The molecule has 0 aromatic heterocycles. The molecule has 2 atom stereocenters. The lowest BCUT2D eigenvalue weighted by molar-refractivity contribution is 0.0666. The smallest absolute Gasteiger partial charge is 0.191 e. The number of rotatable bonds is 7. The average molecular weight is 344 g/mol. The second-order valence-corrected chi connectivity index (χ2v) is 6.19. The predicted octanol–water partition coefficient (Wildman–Crippen LogP) is 4.29. The van der Waals surface area contributed by atoms with Gasteiger partial charge < -0.3 is 5.11 Å². The van der Waals surface area contributed by atoms with Crippen molar-refractivity contribution in [2.45, 2.75) is 18.4 Å². The first-order valence-corrected chi connectivity index (χ1v) is 8.57. The maximum Gasteiger partial charge on any atom is 0.191 e. The standard InChI is InChI=1S/C23H20O3/c24-21(18-12-6-2-7-13-18)16-20(17-10-4-1-5-11-17)23(26)22(25)19-14-8-3-9-15-19/h1-15,20,23,26H,16H2/t20-,23+/m1/s1. The van der Waals surface area contributed by atoms with Gasteiger partial charge in [0.15, 0.2) is 11.6 Å². The van der Waals surface area contributed by atoms with Crippen molar-refractivity contribution in [3.05, 3.63) is 108 Å². The summed E-state index contributed by atoms with van der Waals surface area (Å²) in [6, 6.07) is 26.8. The van der Waals surface area contributed by atoms with Gasteiger partial charge in [0, 0.05) is 23.5 Å². The highest BCUT2D eigenvalue weighted by Gasteiger charge is 2.30. The minimum atomic E-state index is -1.28. The van der Waals surface area contributed by atoms with E-state index in [1.165, 1.54) is 0 Å². The van der Waals surface area contributed by atoms with E-state index in [1.54, 1.807) is 48.5 Å². The van der Waals surface area contributed by atoms with E-state index in [2.05, 4.69) is 0 Å². The van der Waals surface area contributed by atoms with Gasteiger partial charge >= 0.3 is 0 Å². The van der Waals surface area contributed by atoms with Crippen LogP contribution >= 0.6 is 0 Å². The van der Waals surface area contributed by atoms with Crippen molar-refractivity contribution >= 4 is 11.6 Å². The zero-order valence-corrected chi connectivity index (χ0v) is 14.3. The molecule has 1 N–H and O–H groups in total. The van der Waals surface area contributed by atoms with Crippen LogP contribution in [-0.2, 0) is 0 Å². The van der Waals surface area contributed by atoms with Gasteiger partial charge in [-0.3, -0.25) is 9.59 Å². The summed E-state index contributed by atoms with van der Waals surface area (Å²) < 4.78 is 0. The van der Waals surface area contributed by atoms with Gasteiger partial charge in [0.05, 0.1) is 0 Å². The Bertz CT molecular complexity index is 858. The molecular formula is C23H20O3. The van der Waals surface area contributed by atoms with E-state index in [4.69, 9.17) is 0 Å². The Morgan fingerprint density at radius 1 is 0.692 bits per heavy atom. The molecule has 3 nitrogen and oxygen atoms in total. The summed E-state index contributed by atoms with van der Waals surface area (Å²) in [6.07, 6.45) is -1.22. The molecule has 0 unspecified atom stereocenters. The Labute approximate surface area is 152 Å². The van der Waals surface area contributed by atoms with E-state index in [9.17, 15) is 14.7 Å². The number of benzene rings is 3. The molecule has 3 aromatic rings. The molecule has 0 radical (unpaired) electrons. The number of hydrogen-bond donors (Lipinski definition) is 1. The molecule has 0 aliphatic carbocycles.